The van der Waals surface area contributed by atoms with E-state index in [0.717, 1.165) is 0 Å². The number of nitrogens with two attached hydrogens (primary N) is 1. The van der Waals surface area contributed by atoms with Crippen molar-refractivity contribution in [1.82, 2.24) is 0 Å². The predicted octanol–water partition coefficient (Wildman–Crippen LogP) is 1.02. The number of carbonyl (C=O) groups is 2. The summed E-state index contributed by atoms with van der Waals surface area (Å²) in [6.45, 7) is 1.27. The topological polar surface area (TPSA) is 83.9 Å². The lowest BCUT2D eigenvalue weighted by molar-refractivity contribution is -0.119. The first kappa shape index (κ1) is 11.7. The van der Waals surface area contributed by atoms with E-state index >= 15 is 0 Å². The first-order chi connectivity index (χ1) is 7.54. The molecule has 0 aliphatic carbocycles. The zero-order valence-corrected chi connectivity index (χ0v) is 8.73. The highest BCUT2D eigenvalue weighted by Gasteiger charge is 2.10. The van der Waals surface area contributed by atoms with Gasteiger partial charge in [0.15, 0.2) is 5.78 Å². The van der Waals surface area contributed by atoms with Crippen LogP contribution in [0.1, 0.15) is 18.1 Å². The highest BCUT2D eigenvalue weighted by atomic mass is 16.2. The van der Waals surface area contributed by atoms with Gasteiger partial charge in [-0.2, -0.15) is 5.26 Å². The number of ketones is 1. The Morgan fingerprint density at radius 2 is 2.12 bits per heavy atom. The lowest BCUT2D eigenvalue weighted by Crippen LogP contribution is -2.18. The van der Waals surface area contributed by atoms with Crippen LogP contribution in [0.3, 0.4) is 0 Å². The van der Waals surface area contributed by atoms with Crippen LogP contribution in [0.15, 0.2) is 29.8 Å². The van der Waals surface area contributed by atoms with E-state index in [1.807, 2.05) is 6.07 Å². The van der Waals surface area contributed by atoms with Crippen LogP contribution in [0, 0.1) is 11.3 Å². The van der Waals surface area contributed by atoms with Crippen LogP contribution in [0.2, 0.25) is 0 Å². The van der Waals surface area contributed by atoms with Gasteiger partial charge in [-0.25, -0.2) is 0 Å². The van der Waals surface area contributed by atoms with Crippen LogP contribution < -0.4 is 5.73 Å². The summed E-state index contributed by atoms with van der Waals surface area (Å²) >= 11 is 0. The molecule has 0 radical (unpaired) electrons. The number of benzene rings is 1. The Balaban J connectivity index is 3.19. The Kier molecular flexibility index (Phi) is 3.57. The molecule has 16 heavy (non-hydrogen) atoms. The van der Waals surface area contributed by atoms with Gasteiger partial charge in [0.1, 0.15) is 0 Å². The Morgan fingerprint density at radius 1 is 1.44 bits per heavy atom. The molecule has 0 aliphatic heterocycles. The van der Waals surface area contributed by atoms with Gasteiger partial charge < -0.3 is 5.73 Å². The summed E-state index contributed by atoms with van der Waals surface area (Å²) in [7, 11) is 0. The molecular formula is C12H10N2O2. The van der Waals surface area contributed by atoms with E-state index in [1.54, 1.807) is 24.3 Å². The quantitative estimate of drug-likeness (QED) is 0.463. The van der Waals surface area contributed by atoms with Crippen molar-refractivity contribution in [1.29, 1.82) is 5.26 Å². The lowest BCUT2D eigenvalue weighted by Gasteiger charge is -1.99. The molecule has 0 unspecified atom stereocenters. The maximum atomic E-state index is 11.1. The molecule has 1 aromatic carbocycles. The summed E-state index contributed by atoms with van der Waals surface area (Å²) in [4.78, 5) is 22.1. The van der Waals surface area contributed by atoms with Crippen LogP contribution in [-0.2, 0) is 9.59 Å². The van der Waals surface area contributed by atoms with Gasteiger partial charge in [-0.05, 0) is 30.7 Å². The van der Waals surface area contributed by atoms with Crippen molar-refractivity contribution in [2.45, 2.75) is 6.92 Å². The van der Waals surface area contributed by atoms with Crippen molar-refractivity contribution in [3.63, 3.8) is 0 Å². The smallest absolute Gasteiger partial charge is 0.252 e. The summed E-state index contributed by atoms with van der Waals surface area (Å²) in [5.74, 6) is -1.16. The third-order valence-corrected chi connectivity index (χ3v) is 1.97. The molecule has 0 saturated heterocycles. The van der Waals surface area contributed by atoms with E-state index in [4.69, 9.17) is 11.0 Å². The van der Waals surface area contributed by atoms with Crippen molar-refractivity contribution in [2.24, 2.45) is 5.73 Å². The molecule has 80 valence electrons. The third kappa shape index (κ3) is 2.79. The normalized spacial score (nSPS) is 10.6. The minimum absolute atomic E-state index is 0.0740. The van der Waals surface area contributed by atoms with Crippen molar-refractivity contribution >= 4 is 17.8 Å². The van der Waals surface area contributed by atoms with Gasteiger partial charge in [0, 0.05) is 0 Å². The molecule has 0 aliphatic rings. The van der Waals surface area contributed by atoms with E-state index in [1.165, 1.54) is 13.0 Å². The molecule has 0 heterocycles. The SMILES string of the molecule is CC(=O)/C(=C/c1cccc(C#N)c1)C(N)=O. The maximum Gasteiger partial charge on any atom is 0.252 e. The van der Waals surface area contributed by atoms with E-state index in [9.17, 15) is 9.59 Å². The molecule has 0 spiro atoms. The average molecular weight is 214 g/mol. The van der Waals surface area contributed by atoms with E-state index < -0.39 is 11.7 Å². The third-order valence-electron chi connectivity index (χ3n) is 1.97. The number of primary amides is 1. The molecule has 0 fully saturated rings. The number of Topliss-reactive ketones (excluding diaryl/α,β-unsaturated/α-hetero) is 1. The Hall–Kier alpha value is -2.41. The highest BCUT2D eigenvalue weighted by Crippen LogP contribution is 2.09. The fraction of sp³-hybridized carbons (Fsp3) is 0.0833. The first-order valence-corrected chi connectivity index (χ1v) is 4.57. The van der Waals surface area contributed by atoms with Gasteiger partial charge in [0.25, 0.3) is 5.91 Å². The molecule has 0 bridgehead atoms. The number of nitrogens with zero attached hydrogens (tertiary/aromatic N) is 1. The summed E-state index contributed by atoms with van der Waals surface area (Å²) in [6.07, 6.45) is 1.38. The lowest BCUT2D eigenvalue weighted by atomic mass is 10.1. The van der Waals surface area contributed by atoms with Crippen molar-refractivity contribution < 1.29 is 9.59 Å². The van der Waals surface area contributed by atoms with Gasteiger partial charge in [-0.3, -0.25) is 9.59 Å². The number of amides is 1. The van der Waals surface area contributed by atoms with Crippen LogP contribution in [0.25, 0.3) is 6.08 Å². The molecule has 0 atom stereocenters. The zero-order chi connectivity index (χ0) is 12.1. The number of hydrogen-bond donors (Lipinski definition) is 1. The molecule has 4 heteroatoms. The van der Waals surface area contributed by atoms with E-state index in [-0.39, 0.29) is 5.57 Å². The van der Waals surface area contributed by atoms with E-state index in [2.05, 4.69) is 0 Å². The molecule has 1 rings (SSSR count). The zero-order valence-electron chi connectivity index (χ0n) is 8.73. The van der Waals surface area contributed by atoms with Crippen LogP contribution in [-0.4, -0.2) is 11.7 Å². The Bertz CT molecular complexity index is 494. The standard InChI is InChI=1S/C12H10N2O2/c1-8(15)11(12(14)16)6-9-3-2-4-10(5-9)7-13/h2-6H,1H3,(H2,14,16)/b11-6-. The fourth-order valence-electron chi connectivity index (χ4n) is 1.21. The van der Waals surface area contributed by atoms with E-state index in [0.29, 0.717) is 11.1 Å². The van der Waals surface area contributed by atoms with Gasteiger partial charge in [-0.1, -0.05) is 12.1 Å². The summed E-state index contributed by atoms with van der Waals surface area (Å²) in [6, 6.07) is 8.53. The second-order valence-electron chi connectivity index (χ2n) is 3.22. The average Bonchev–Trinajstić information content (AvgIpc) is 2.25. The van der Waals surface area contributed by atoms with Crippen molar-refractivity contribution in [3.8, 4) is 6.07 Å². The van der Waals surface area contributed by atoms with Crippen molar-refractivity contribution in [2.75, 3.05) is 0 Å². The minimum atomic E-state index is -0.769. The minimum Gasteiger partial charge on any atom is -0.365 e. The Morgan fingerprint density at radius 3 is 2.62 bits per heavy atom. The summed E-state index contributed by atoms with van der Waals surface area (Å²) < 4.78 is 0. The molecular weight excluding hydrogens is 204 g/mol. The highest BCUT2D eigenvalue weighted by molar-refractivity contribution is 6.21. The number of nitriles is 1. The monoisotopic (exact) mass is 214 g/mol. The summed E-state index contributed by atoms with van der Waals surface area (Å²) in [5, 5.41) is 8.69. The number of hydrogen-bond acceptors (Lipinski definition) is 3. The van der Waals surface area contributed by atoms with Crippen LogP contribution in [0.4, 0.5) is 0 Å². The number of carbonyl (C=O) groups excluding carboxylic acids is 2. The molecule has 0 aromatic heterocycles. The fourth-order valence-corrected chi connectivity index (χ4v) is 1.21. The van der Waals surface area contributed by atoms with Gasteiger partial charge in [-0.15, -0.1) is 0 Å². The molecule has 1 amide bonds. The second kappa shape index (κ2) is 4.89. The maximum absolute atomic E-state index is 11.1. The largest absolute Gasteiger partial charge is 0.365 e. The molecule has 2 N–H and O–H groups in total. The predicted molar refractivity (Wildman–Crippen MR) is 59.0 cm³/mol. The first-order valence-electron chi connectivity index (χ1n) is 4.57. The number of rotatable bonds is 3. The summed E-state index contributed by atoms with van der Waals surface area (Å²) in [5.41, 5.74) is 6.05. The van der Waals surface area contributed by atoms with Crippen LogP contribution in [0.5, 0.6) is 0 Å². The van der Waals surface area contributed by atoms with Crippen molar-refractivity contribution in [3.05, 3.63) is 41.0 Å². The van der Waals surface area contributed by atoms with Gasteiger partial charge in [0.05, 0.1) is 17.2 Å². The Labute approximate surface area is 93.0 Å². The van der Waals surface area contributed by atoms with Gasteiger partial charge >= 0.3 is 0 Å². The molecule has 4 nitrogen and oxygen atoms in total. The van der Waals surface area contributed by atoms with Gasteiger partial charge in [0.2, 0.25) is 0 Å². The second-order valence-corrected chi connectivity index (χ2v) is 3.22. The van der Waals surface area contributed by atoms with Crippen LogP contribution >= 0.6 is 0 Å². The molecule has 0 saturated carbocycles. The molecule has 1 aromatic rings.